The van der Waals surface area contributed by atoms with Gasteiger partial charge in [0.05, 0.1) is 6.04 Å². The molecule has 0 fully saturated rings. The van der Waals surface area contributed by atoms with E-state index in [2.05, 4.69) is 5.32 Å². The third-order valence-corrected chi connectivity index (χ3v) is 2.24. The van der Waals surface area contributed by atoms with E-state index in [0.717, 1.165) is 12.1 Å². The van der Waals surface area contributed by atoms with Gasteiger partial charge in [-0.05, 0) is 12.5 Å². The topological polar surface area (TPSA) is 55.1 Å². The molecule has 96 valence electrons. The highest BCUT2D eigenvalue weighted by atomic mass is 35.5. The summed E-state index contributed by atoms with van der Waals surface area (Å²) in [4.78, 5) is 11.3. The van der Waals surface area contributed by atoms with Crippen molar-refractivity contribution in [2.24, 2.45) is 5.73 Å². The SMILES string of the molecule is CC[C@H](N)C(=O)NCc1ccc(F)cc1F.Cl. The fourth-order valence-electron chi connectivity index (χ4n) is 1.16. The first-order valence-electron chi connectivity index (χ1n) is 5.01. The Hall–Kier alpha value is -1.20. The molecule has 1 amide bonds. The molecule has 0 saturated heterocycles. The molecule has 0 aliphatic rings. The summed E-state index contributed by atoms with van der Waals surface area (Å²) in [5.41, 5.74) is 5.71. The normalized spacial score (nSPS) is 11.5. The number of nitrogens with two attached hydrogens (primary N) is 1. The lowest BCUT2D eigenvalue weighted by Gasteiger charge is -2.10. The Kier molecular flexibility index (Phi) is 6.68. The maximum Gasteiger partial charge on any atom is 0.237 e. The molecule has 0 bridgehead atoms. The van der Waals surface area contributed by atoms with Crippen molar-refractivity contribution in [3.05, 3.63) is 35.4 Å². The van der Waals surface area contributed by atoms with Crippen LogP contribution in [0.5, 0.6) is 0 Å². The molecule has 0 heterocycles. The maximum atomic E-state index is 13.2. The standard InChI is InChI=1S/C11H14F2N2O.ClH/c1-2-10(14)11(16)15-6-7-3-4-8(12)5-9(7)13;/h3-5,10H,2,6,14H2,1H3,(H,15,16);1H/t10-;/m0./s1. The molecule has 3 N–H and O–H groups in total. The number of rotatable bonds is 4. The smallest absolute Gasteiger partial charge is 0.237 e. The Bertz CT molecular complexity index is 388. The van der Waals surface area contributed by atoms with Gasteiger partial charge in [-0.15, -0.1) is 12.4 Å². The van der Waals surface area contributed by atoms with E-state index in [0.29, 0.717) is 6.42 Å². The third-order valence-electron chi connectivity index (χ3n) is 2.24. The van der Waals surface area contributed by atoms with Crippen LogP contribution in [0.2, 0.25) is 0 Å². The Balaban J connectivity index is 0.00000256. The van der Waals surface area contributed by atoms with Gasteiger partial charge in [0.2, 0.25) is 5.91 Å². The van der Waals surface area contributed by atoms with Crippen LogP contribution in [-0.2, 0) is 11.3 Å². The summed E-state index contributed by atoms with van der Waals surface area (Å²) < 4.78 is 25.7. The van der Waals surface area contributed by atoms with E-state index in [9.17, 15) is 13.6 Å². The summed E-state index contributed by atoms with van der Waals surface area (Å²) in [6.45, 7) is 1.79. The Morgan fingerprint density at radius 2 is 2.12 bits per heavy atom. The van der Waals surface area contributed by atoms with Crippen molar-refractivity contribution >= 4 is 18.3 Å². The number of hydrogen-bond acceptors (Lipinski definition) is 2. The van der Waals surface area contributed by atoms with Gasteiger partial charge in [0.25, 0.3) is 0 Å². The van der Waals surface area contributed by atoms with Crippen LogP contribution in [0, 0.1) is 11.6 Å². The zero-order chi connectivity index (χ0) is 12.1. The van der Waals surface area contributed by atoms with Gasteiger partial charge in [0.15, 0.2) is 0 Å². The molecule has 17 heavy (non-hydrogen) atoms. The third kappa shape index (κ3) is 4.66. The number of carbonyl (C=O) groups excluding carboxylic acids is 1. The van der Waals surface area contributed by atoms with Crippen molar-refractivity contribution in [3.63, 3.8) is 0 Å². The summed E-state index contributed by atoms with van der Waals surface area (Å²) in [6, 6.07) is 2.62. The molecule has 1 rings (SSSR count). The highest BCUT2D eigenvalue weighted by molar-refractivity contribution is 5.85. The molecule has 0 aromatic heterocycles. The lowest BCUT2D eigenvalue weighted by Crippen LogP contribution is -2.39. The molecule has 0 saturated carbocycles. The average Bonchev–Trinajstić information content (AvgIpc) is 2.26. The van der Waals surface area contributed by atoms with Crippen LogP contribution in [0.4, 0.5) is 8.78 Å². The number of hydrogen-bond donors (Lipinski definition) is 2. The minimum atomic E-state index is -0.676. The predicted octanol–water partition coefficient (Wildman–Crippen LogP) is 1.74. The van der Waals surface area contributed by atoms with Gasteiger partial charge in [-0.25, -0.2) is 8.78 Å². The second-order valence-corrected chi connectivity index (χ2v) is 3.47. The zero-order valence-electron chi connectivity index (χ0n) is 9.37. The number of amides is 1. The van der Waals surface area contributed by atoms with Crippen LogP contribution in [0.1, 0.15) is 18.9 Å². The molecule has 0 aliphatic heterocycles. The van der Waals surface area contributed by atoms with Gasteiger partial charge >= 0.3 is 0 Å². The van der Waals surface area contributed by atoms with Gasteiger partial charge in [-0.1, -0.05) is 13.0 Å². The average molecular weight is 265 g/mol. The largest absolute Gasteiger partial charge is 0.351 e. The van der Waals surface area contributed by atoms with Crippen LogP contribution in [0.25, 0.3) is 0 Å². The van der Waals surface area contributed by atoms with Crippen LogP contribution in [-0.4, -0.2) is 11.9 Å². The summed E-state index contributed by atoms with van der Waals surface area (Å²) in [5, 5.41) is 2.48. The first kappa shape index (κ1) is 15.8. The van der Waals surface area contributed by atoms with Crippen molar-refractivity contribution in [3.8, 4) is 0 Å². The van der Waals surface area contributed by atoms with Crippen molar-refractivity contribution in [2.45, 2.75) is 25.9 Å². The minimum absolute atomic E-state index is 0. The molecule has 6 heteroatoms. The van der Waals surface area contributed by atoms with Gasteiger partial charge in [-0.3, -0.25) is 4.79 Å². The molecule has 3 nitrogen and oxygen atoms in total. The van der Waals surface area contributed by atoms with Crippen LogP contribution in [0.15, 0.2) is 18.2 Å². The fourth-order valence-corrected chi connectivity index (χ4v) is 1.16. The van der Waals surface area contributed by atoms with Crippen LogP contribution in [0.3, 0.4) is 0 Å². The molecule has 1 atom stereocenters. The monoisotopic (exact) mass is 264 g/mol. The quantitative estimate of drug-likeness (QED) is 0.870. The molecule has 0 aliphatic carbocycles. The molecular formula is C11H15ClF2N2O. The number of carbonyl (C=O) groups is 1. The molecule has 0 radical (unpaired) electrons. The van der Waals surface area contributed by atoms with Crippen LogP contribution < -0.4 is 11.1 Å². The van der Waals surface area contributed by atoms with E-state index >= 15 is 0 Å². The lowest BCUT2D eigenvalue weighted by molar-refractivity contribution is -0.122. The van der Waals surface area contributed by atoms with E-state index in [4.69, 9.17) is 5.73 Å². The number of nitrogens with one attached hydrogen (secondary N) is 1. The molecule has 0 unspecified atom stereocenters. The van der Waals surface area contributed by atoms with Crippen LogP contribution >= 0.6 is 12.4 Å². The van der Waals surface area contributed by atoms with Gasteiger partial charge in [0, 0.05) is 18.2 Å². The highest BCUT2D eigenvalue weighted by Gasteiger charge is 2.11. The molecule has 0 spiro atoms. The van der Waals surface area contributed by atoms with Gasteiger partial charge in [0.1, 0.15) is 11.6 Å². The maximum absolute atomic E-state index is 13.2. The van der Waals surface area contributed by atoms with E-state index in [1.54, 1.807) is 6.92 Å². The molecular weight excluding hydrogens is 250 g/mol. The van der Waals surface area contributed by atoms with Crippen molar-refractivity contribution in [1.29, 1.82) is 0 Å². The van der Waals surface area contributed by atoms with Gasteiger partial charge in [-0.2, -0.15) is 0 Å². The number of benzene rings is 1. The summed E-state index contributed by atoms with van der Waals surface area (Å²) >= 11 is 0. The summed E-state index contributed by atoms with van der Waals surface area (Å²) in [6.07, 6.45) is 0.512. The Labute approximate surface area is 105 Å². The summed E-state index contributed by atoms with van der Waals surface area (Å²) in [5.74, 6) is -1.66. The van der Waals surface area contributed by atoms with Crippen molar-refractivity contribution in [1.82, 2.24) is 5.32 Å². The Morgan fingerprint density at radius 1 is 1.47 bits per heavy atom. The fraction of sp³-hybridized carbons (Fsp3) is 0.364. The Morgan fingerprint density at radius 3 is 2.65 bits per heavy atom. The predicted molar refractivity (Wildman–Crippen MR) is 63.7 cm³/mol. The minimum Gasteiger partial charge on any atom is -0.351 e. The highest BCUT2D eigenvalue weighted by Crippen LogP contribution is 2.09. The van der Waals surface area contributed by atoms with Crippen molar-refractivity contribution in [2.75, 3.05) is 0 Å². The van der Waals surface area contributed by atoms with Crippen molar-refractivity contribution < 1.29 is 13.6 Å². The first-order chi connectivity index (χ1) is 7.54. The van der Waals surface area contributed by atoms with E-state index in [1.807, 2.05) is 0 Å². The number of halogens is 3. The first-order valence-corrected chi connectivity index (χ1v) is 5.01. The summed E-state index contributed by atoms with van der Waals surface area (Å²) in [7, 11) is 0. The second-order valence-electron chi connectivity index (χ2n) is 3.47. The van der Waals surface area contributed by atoms with E-state index < -0.39 is 17.7 Å². The molecule has 1 aromatic carbocycles. The molecule has 1 aromatic rings. The zero-order valence-corrected chi connectivity index (χ0v) is 10.2. The second kappa shape index (κ2) is 7.19. The van der Waals surface area contributed by atoms with Gasteiger partial charge < -0.3 is 11.1 Å². The lowest BCUT2D eigenvalue weighted by atomic mass is 10.2. The van der Waals surface area contributed by atoms with E-state index in [-0.39, 0.29) is 30.4 Å². The van der Waals surface area contributed by atoms with E-state index in [1.165, 1.54) is 6.07 Å².